The van der Waals surface area contributed by atoms with E-state index < -0.39 is 0 Å². The highest BCUT2D eigenvalue weighted by atomic mass is 16.4. The van der Waals surface area contributed by atoms with Gasteiger partial charge >= 0.3 is 0 Å². The van der Waals surface area contributed by atoms with Gasteiger partial charge in [0.2, 0.25) is 0 Å². The number of nitrogens with zero attached hydrogens (tertiary/aromatic N) is 1. The maximum Gasteiger partial charge on any atom is 0.144 e. The Labute approximate surface area is 98.3 Å². The van der Waals surface area contributed by atoms with E-state index in [2.05, 4.69) is 16.4 Å². The van der Waals surface area contributed by atoms with E-state index in [1.165, 1.54) is 0 Å². The summed E-state index contributed by atoms with van der Waals surface area (Å²) >= 11 is 0. The second-order valence-electron chi connectivity index (χ2n) is 4.67. The third-order valence-corrected chi connectivity index (χ3v) is 2.73. The van der Waals surface area contributed by atoms with E-state index in [0.717, 1.165) is 25.8 Å². The molecule has 0 bridgehead atoms. The summed E-state index contributed by atoms with van der Waals surface area (Å²) in [7, 11) is 0. The Morgan fingerprint density at radius 2 is 2.19 bits per heavy atom. The molecule has 0 heterocycles. The number of nitrogens with two attached hydrogens (primary N) is 1. The number of terminal acetylenes is 1. The average Bonchev–Trinajstić information content (AvgIpc) is 2.26. The minimum atomic E-state index is -0.244. The van der Waals surface area contributed by atoms with Crippen molar-refractivity contribution in [2.45, 2.75) is 46.1 Å². The fourth-order valence-corrected chi connectivity index (χ4v) is 1.33. The molecule has 0 rings (SSSR count). The third-order valence-electron chi connectivity index (χ3n) is 2.73. The highest BCUT2D eigenvalue weighted by Crippen LogP contribution is 2.22. The Morgan fingerprint density at radius 1 is 1.56 bits per heavy atom. The molecule has 0 saturated heterocycles. The largest absolute Gasteiger partial charge is 0.409 e. The molecule has 0 aliphatic carbocycles. The van der Waals surface area contributed by atoms with Gasteiger partial charge in [-0.2, -0.15) is 0 Å². The Morgan fingerprint density at radius 3 is 2.69 bits per heavy atom. The molecule has 16 heavy (non-hydrogen) atoms. The number of rotatable bonds is 7. The molecule has 0 aliphatic rings. The molecule has 0 aromatic carbocycles. The van der Waals surface area contributed by atoms with Crippen molar-refractivity contribution in [3.63, 3.8) is 0 Å². The number of hydrogen-bond acceptors (Lipinski definition) is 3. The van der Waals surface area contributed by atoms with Crippen LogP contribution in [0.5, 0.6) is 0 Å². The summed E-state index contributed by atoms with van der Waals surface area (Å²) in [6, 6.07) is 0.122. The van der Waals surface area contributed by atoms with E-state index >= 15 is 0 Å². The van der Waals surface area contributed by atoms with Crippen molar-refractivity contribution in [2.75, 3.05) is 6.54 Å². The predicted molar refractivity (Wildman–Crippen MR) is 67.3 cm³/mol. The molecule has 0 aromatic heterocycles. The minimum Gasteiger partial charge on any atom is -0.409 e. The summed E-state index contributed by atoms with van der Waals surface area (Å²) in [5.41, 5.74) is 5.35. The van der Waals surface area contributed by atoms with E-state index in [1.807, 2.05) is 20.8 Å². The first-order chi connectivity index (χ1) is 7.44. The topological polar surface area (TPSA) is 70.6 Å². The number of hydrogen-bond donors (Lipinski definition) is 3. The molecular weight excluding hydrogens is 202 g/mol. The normalized spacial score (nSPS) is 14.5. The van der Waals surface area contributed by atoms with Crippen molar-refractivity contribution in [1.82, 2.24) is 5.32 Å². The van der Waals surface area contributed by atoms with Crippen molar-refractivity contribution in [3.05, 3.63) is 0 Å². The van der Waals surface area contributed by atoms with E-state index in [0.29, 0.717) is 0 Å². The van der Waals surface area contributed by atoms with E-state index in [9.17, 15) is 0 Å². The summed E-state index contributed by atoms with van der Waals surface area (Å²) in [4.78, 5) is 0. The molecule has 1 unspecified atom stereocenters. The van der Waals surface area contributed by atoms with Gasteiger partial charge in [-0.15, -0.1) is 6.42 Å². The highest BCUT2D eigenvalue weighted by molar-refractivity contribution is 5.85. The van der Waals surface area contributed by atoms with Crippen LogP contribution in [0.15, 0.2) is 5.16 Å². The fraction of sp³-hybridized carbons (Fsp3) is 0.750. The fourth-order valence-electron chi connectivity index (χ4n) is 1.33. The summed E-state index contributed by atoms with van der Waals surface area (Å²) in [6.45, 7) is 6.80. The van der Waals surface area contributed by atoms with Crippen molar-refractivity contribution in [1.29, 1.82) is 0 Å². The zero-order valence-corrected chi connectivity index (χ0v) is 10.5. The lowest BCUT2D eigenvalue weighted by Crippen LogP contribution is -2.32. The number of oxime groups is 1. The van der Waals surface area contributed by atoms with Gasteiger partial charge in [0.25, 0.3) is 0 Å². The molecule has 0 fully saturated rings. The maximum absolute atomic E-state index is 8.61. The van der Waals surface area contributed by atoms with Crippen LogP contribution in [0.3, 0.4) is 0 Å². The molecule has 1 atom stereocenters. The zero-order valence-electron chi connectivity index (χ0n) is 10.5. The maximum atomic E-state index is 8.61. The number of unbranched alkanes of at least 4 members (excludes halogenated alkanes) is 1. The van der Waals surface area contributed by atoms with Gasteiger partial charge in [-0.3, -0.25) is 0 Å². The molecule has 0 aromatic rings. The van der Waals surface area contributed by atoms with Crippen LogP contribution < -0.4 is 11.1 Å². The predicted octanol–water partition coefficient (Wildman–Crippen LogP) is 1.54. The molecule has 0 spiro atoms. The molecule has 4 N–H and O–H groups in total. The van der Waals surface area contributed by atoms with E-state index in [1.54, 1.807) is 0 Å². The van der Waals surface area contributed by atoms with Gasteiger partial charge in [-0.25, -0.2) is 0 Å². The zero-order chi connectivity index (χ0) is 12.6. The Hall–Kier alpha value is -1.21. The van der Waals surface area contributed by atoms with Gasteiger partial charge in [0, 0.05) is 5.41 Å². The second-order valence-corrected chi connectivity index (χ2v) is 4.67. The monoisotopic (exact) mass is 225 g/mol. The smallest absolute Gasteiger partial charge is 0.144 e. The standard InChI is InChI=1S/C12H23N3O/c1-5-10(2)14-9-7-6-8-12(3,4)11(13)15-16/h1,10,14,16H,6-9H2,2-4H3,(H2,13,15). The molecule has 4 heteroatoms. The van der Waals surface area contributed by atoms with Gasteiger partial charge in [0.15, 0.2) is 0 Å². The molecular formula is C12H23N3O. The van der Waals surface area contributed by atoms with Crippen LogP contribution in [0.25, 0.3) is 0 Å². The molecule has 0 radical (unpaired) electrons. The SMILES string of the molecule is C#CC(C)NCCCCC(C)(C)C(N)=NO. The van der Waals surface area contributed by atoms with Crippen LogP contribution in [0.4, 0.5) is 0 Å². The third kappa shape index (κ3) is 5.62. The summed E-state index contributed by atoms with van der Waals surface area (Å²) < 4.78 is 0. The first-order valence-corrected chi connectivity index (χ1v) is 5.61. The number of nitrogens with one attached hydrogen (secondary N) is 1. The van der Waals surface area contributed by atoms with Gasteiger partial charge < -0.3 is 16.3 Å². The minimum absolute atomic E-state index is 0.122. The first-order valence-electron chi connectivity index (χ1n) is 5.61. The summed E-state index contributed by atoms with van der Waals surface area (Å²) in [5, 5.41) is 14.9. The second kappa shape index (κ2) is 7.13. The molecule has 4 nitrogen and oxygen atoms in total. The molecule has 0 saturated carbocycles. The van der Waals surface area contributed by atoms with Crippen LogP contribution >= 0.6 is 0 Å². The van der Waals surface area contributed by atoms with Crippen molar-refractivity contribution in [2.24, 2.45) is 16.3 Å². The molecule has 0 amide bonds. The van der Waals surface area contributed by atoms with Crippen molar-refractivity contribution >= 4 is 5.84 Å². The highest BCUT2D eigenvalue weighted by Gasteiger charge is 2.22. The lowest BCUT2D eigenvalue weighted by atomic mass is 9.86. The first kappa shape index (κ1) is 14.8. The van der Waals surface area contributed by atoms with Crippen LogP contribution in [0.1, 0.15) is 40.0 Å². The van der Waals surface area contributed by atoms with Crippen LogP contribution in [-0.2, 0) is 0 Å². The van der Waals surface area contributed by atoms with E-state index in [-0.39, 0.29) is 17.3 Å². The van der Waals surface area contributed by atoms with Crippen LogP contribution in [0.2, 0.25) is 0 Å². The molecule has 0 aliphatic heterocycles. The lowest BCUT2D eigenvalue weighted by Gasteiger charge is -2.22. The molecule has 92 valence electrons. The quantitative estimate of drug-likeness (QED) is 0.154. The average molecular weight is 225 g/mol. The van der Waals surface area contributed by atoms with Crippen LogP contribution in [-0.4, -0.2) is 23.6 Å². The number of amidine groups is 1. The Kier molecular flexibility index (Phi) is 6.59. The van der Waals surface area contributed by atoms with Crippen LogP contribution in [0, 0.1) is 17.8 Å². The van der Waals surface area contributed by atoms with Crippen molar-refractivity contribution in [3.8, 4) is 12.3 Å². The van der Waals surface area contributed by atoms with Gasteiger partial charge in [-0.05, 0) is 26.3 Å². The van der Waals surface area contributed by atoms with Gasteiger partial charge in [0.05, 0.1) is 6.04 Å². The Balaban J connectivity index is 3.71. The van der Waals surface area contributed by atoms with Gasteiger partial charge in [0.1, 0.15) is 5.84 Å². The van der Waals surface area contributed by atoms with E-state index in [4.69, 9.17) is 17.4 Å². The summed E-state index contributed by atoms with van der Waals surface area (Å²) in [5.74, 6) is 2.91. The van der Waals surface area contributed by atoms with Gasteiger partial charge in [-0.1, -0.05) is 31.3 Å². The van der Waals surface area contributed by atoms with Crippen molar-refractivity contribution < 1.29 is 5.21 Å². The summed E-state index contributed by atoms with van der Waals surface area (Å²) in [6.07, 6.45) is 8.20. The lowest BCUT2D eigenvalue weighted by molar-refractivity contribution is 0.304. The Bertz CT molecular complexity index is 266.